The molecular weight excluding hydrogens is 317 g/mol. The van der Waals surface area contributed by atoms with Crippen LogP contribution in [0.1, 0.15) is 42.1 Å². The minimum atomic E-state index is -0.436. The number of nitrogens with two attached hydrogens (primary N) is 1. The highest BCUT2D eigenvalue weighted by Crippen LogP contribution is 2.28. The van der Waals surface area contributed by atoms with E-state index in [1.165, 1.54) is 17.2 Å². The fourth-order valence-corrected chi connectivity index (χ4v) is 2.78. The van der Waals surface area contributed by atoms with Gasteiger partial charge in [-0.1, -0.05) is 48.0 Å². The molecule has 0 saturated heterocycles. The van der Waals surface area contributed by atoms with Crippen molar-refractivity contribution in [3.8, 4) is 0 Å². The second-order valence-electron chi connectivity index (χ2n) is 4.88. The van der Waals surface area contributed by atoms with E-state index in [9.17, 15) is 4.39 Å². The third-order valence-electron chi connectivity index (χ3n) is 3.63. The summed E-state index contributed by atoms with van der Waals surface area (Å²) in [6, 6.07) is 10.8. The maximum absolute atomic E-state index is 14.0. The molecule has 0 amide bonds. The van der Waals surface area contributed by atoms with Crippen molar-refractivity contribution in [1.29, 1.82) is 0 Å². The minimum Gasteiger partial charge on any atom is -0.320 e. The van der Waals surface area contributed by atoms with E-state index >= 15 is 0 Å². The molecular formula is C17H19BrFN. The first-order chi connectivity index (χ1) is 9.56. The molecule has 0 aromatic heterocycles. The zero-order valence-electron chi connectivity index (χ0n) is 11.8. The van der Waals surface area contributed by atoms with E-state index < -0.39 is 6.04 Å². The van der Waals surface area contributed by atoms with Crippen LogP contribution >= 0.6 is 15.9 Å². The fraction of sp³-hybridized carbons (Fsp3) is 0.294. The zero-order chi connectivity index (χ0) is 14.7. The zero-order valence-corrected chi connectivity index (χ0v) is 13.4. The van der Waals surface area contributed by atoms with Gasteiger partial charge in [0.2, 0.25) is 0 Å². The van der Waals surface area contributed by atoms with Gasteiger partial charge in [0.15, 0.2) is 0 Å². The van der Waals surface area contributed by atoms with E-state index in [4.69, 9.17) is 5.73 Å². The minimum absolute atomic E-state index is 0.260. The van der Waals surface area contributed by atoms with Crippen molar-refractivity contribution in [3.05, 3.63) is 68.9 Å². The summed E-state index contributed by atoms with van der Waals surface area (Å²) in [7, 11) is 0. The molecule has 0 aliphatic heterocycles. The van der Waals surface area contributed by atoms with E-state index in [0.29, 0.717) is 5.56 Å². The predicted octanol–water partition coefficient (Wildman–Crippen LogP) is 4.76. The standard InChI is InChI=1S/C17H19BrFN/c1-3-11-5-6-12(4-2)14(9-11)17(20)15-10-13(18)7-8-16(15)19/h5-10,17H,3-4,20H2,1-2H3. The molecule has 2 aromatic rings. The number of rotatable bonds is 4. The first-order valence-corrected chi connectivity index (χ1v) is 7.68. The van der Waals surface area contributed by atoms with Crippen LogP contribution in [0.3, 0.4) is 0 Å². The Kier molecular flexibility index (Phi) is 4.95. The van der Waals surface area contributed by atoms with Gasteiger partial charge in [-0.2, -0.15) is 0 Å². The lowest BCUT2D eigenvalue weighted by Gasteiger charge is -2.18. The average molecular weight is 336 g/mol. The Bertz CT molecular complexity index is 610. The first kappa shape index (κ1) is 15.2. The topological polar surface area (TPSA) is 26.0 Å². The number of halogens is 2. The Balaban J connectivity index is 2.51. The maximum Gasteiger partial charge on any atom is 0.128 e. The van der Waals surface area contributed by atoms with Crippen molar-refractivity contribution in [1.82, 2.24) is 0 Å². The van der Waals surface area contributed by atoms with Gasteiger partial charge < -0.3 is 5.73 Å². The first-order valence-electron chi connectivity index (χ1n) is 6.89. The summed E-state index contributed by atoms with van der Waals surface area (Å²) < 4.78 is 14.9. The van der Waals surface area contributed by atoms with Gasteiger partial charge in [-0.25, -0.2) is 4.39 Å². The second kappa shape index (κ2) is 6.51. The number of hydrogen-bond donors (Lipinski definition) is 1. The van der Waals surface area contributed by atoms with E-state index in [1.54, 1.807) is 12.1 Å². The molecule has 1 atom stereocenters. The molecule has 0 aliphatic carbocycles. The summed E-state index contributed by atoms with van der Waals surface area (Å²) in [6.45, 7) is 4.20. The molecule has 0 radical (unpaired) electrons. The smallest absolute Gasteiger partial charge is 0.128 e. The van der Waals surface area contributed by atoms with Crippen LogP contribution < -0.4 is 5.73 Å². The largest absolute Gasteiger partial charge is 0.320 e. The summed E-state index contributed by atoms with van der Waals surface area (Å²) in [6.07, 6.45) is 1.84. The molecule has 2 rings (SSSR count). The highest BCUT2D eigenvalue weighted by atomic mass is 79.9. The van der Waals surface area contributed by atoms with Gasteiger partial charge in [0.1, 0.15) is 5.82 Å². The summed E-state index contributed by atoms with van der Waals surface area (Å²) in [4.78, 5) is 0. The molecule has 2 N–H and O–H groups in total. The number of hydrogen-bond acceptors (Lipinski definition) is 1. The van der Waals surface area contributed by atoms with E-state index in [1.807, 2.05) is 0 Å². The summed E-state index contributed by atoms with van der Waals surface area (Å²) >= 11 is 3.38. The molecule has 0 aliphatic rings. The van der Waals surface area contributed by atoms with Crippen LogP contribution in [0.15, 0.2) is 40.9 Å². The van der Waals surface area contributed by atoms with Gasteiger partial charge in [0.25, 0.3) is 0 Å². The molecule has 0 fully saturated rings. The van der Waals surface area contributed by atoms with Crippen LogP contribution in [0.25, 0.3) is 0 Å². The van der Waals surface area contributed by atoms with Gasteiger partial charge in [-0.3, -0.25) is 0 Å². The summed E-state index contributed by atoms with van der Waals surface area (Å²) in [5.74, 6) is -0.260. The average Bonchev–Trinajstić information content (AvgIpc) is 2.48. The normalized spacial score (nSPS) is 12.4. The highest BCUT2D eigenvalue weighted by molar-refractivity contribution is 9.10. The van der Waals surface area contributed by atoms with Crippen LogP contribution in [0.2, 0.25) is 0 Å². The van der Waals surface area contributed by atoms with Crippen molar-refractivity contribution in [3.63, 3.8) is 0 Å². The van der Waals surface area contributed by atoms with Gasteiger partial charge in [-0.15, -0.1) is 0 Å². The maximum atomic E-state index is 14.0. The molecule has 0 spiro atoms. The van der Waals surface area contributed by atoms with Crippen LogP contribution in [-0.4, -0.2) is 0 Å². The monoisotopic (exact) mass is 335 g/mol. The van der Waals surface area contributed by atoms with E-state index in [2.05, 4.69) is 48.0 Å². The lowest BCUT2D eigenvalue weighted by molar-refractivity contribution is 0.598. The van der Waals surface area contributed by atoms with Crippen molar-refractivity contribution in [2.24, 2.45) is 5.73 Å². The summed E-state index contributed by atoms with van der Waals surface area (Å²) in [5, 5.41) is 0. The summed E-state index contributed by atoms with van der Waals surface area (Å²) in [5.41, 5.74) is 10.3. The highest BCUT2D eigenvalue weighted by Gasteiger charge is 2.17. The Labute approximate surface area is 128 Å². The molecule has 106 valence electrons. The molecule has 0 saturated carbocycles. The molecule has 0 heterocycles. The Morgan fingerprint density at radius 1 is 1.05 bits per heavy atom. The molecule has 2 aromatic carbocycles. The van der Waals surface area contributed by atoms with Gasteiger partial charge in [0, 0.05) is 10.0 Å². The third-order valence-corrected chi connectivity index (χ3v) is 4.12. The Morgan fingerprint density at radius 3 is 2.45 bits per heavy atom. The molecule has 1 unspecified atom stereocenters. The Hall–Kier alpha value is -1.19. The molecule has 20 heavy (non-hydrogen) atoms. The van der Waals surface area contributed by atoms with Crippen LogP contribution in [0.5, 0.6) is 0 Å². The molecule has 0 bridgehead atoms. The molecule has 3 heteroatoms. The SMILES string of the molecule is CCc1ccc(CC)c(C(N)c2cc(Br)ccc2F)c1. The van der Waals surface area contributed by atoms with Gasteiger partial charge in [-0.05, 0) is 47.7 Å². The number of aryl methyl sites for hydroxylation is 2. The van der Waals surface area contributed by atoms with Crippen molar-refractivity contribution in [2.75, 3.05) is 0 Å². The lowest BCUT2D eigenvalue weighted by atomic mass is 9.91. The van der Waals surface area contributed by atoms with Crippen molar-refractivity contribution >= 4 is 15.9 Å². The number of benzene rings is 2. The van der Waals surface area contributed by atoms with Gasteiger partial charge in [0.05, 0.1) is 6.04 Å². The molecule has 1 nitrogen and oxygen atoms in total. The predicted molar refractivity (Wildman–Crippen MR) is 85.3 cm³/mol. The van der Waals surface area contributed by atoms with Crippen LogP contribution in [0, 0.1) is 5.82 Å². The second-order valence-corrected chi connectivity index (χ2v) is 5.80. The van der Waals surface area contributed by atoms with Crippen molar-refractivity contribution < 1.29 is 4.39 Å². The van der Waals surface area contributed by atoms with Crippen LogP contribution in [-0.2, 0) is 12.8 Å². The van der Waals surface area contributed by atoms with Gasteiger partial charge >= 0.3 is 0 Å². The van der Waals surface area contributed by atoms with E-state index in [-0.39, 0.29) is 5.82 Å². The van der Waals surface area contributed by atoms with Crippen molar-refractivity contribution in [2.45, 2.75) is 32.7 Å². The van der Waals surface area contributed by atoms with E-state index in [0.717, 1.165) is 22.9 Å². The lowest BCUT2D eigenvalue weighted by Crippen LogP contribution is -2.16. The fourth-order valence-electron chi connectivity index (χ4n) is 2.40. The third kappa shape index (κ3) is 3.10. The Morgan fingerprint density at radius 2 is 1.80 bits per heavy atom. The quantitative estimate of drug-likeness (QED) is 0.856. The van der Waals surface area contributed by atoms with Crippen LogP contribution in [0.4, 0.5) is 4.39 Å².